The van der Waals surface area contributed by atoms with Gasteiger partial charge < -0.3 is 14.4 Å². The number of anilines is 1. The van der Waals surface area contributed by atoms with Gasteiger partial charge in [-0.3, -0.25) is 0 Å². The van der Waals surface area contributed by atoms with E-state index in [1.165, 1.54) is 6.07 Å². The number of hydrogen-bond donors (Lipinski definition) is 1. The van der Waals surface area contributed by atoms with Crippen LogP contribution in [0.25, 0.3) is 0 Å². The molecule has 108 valence electrons. The summed E-state index contributed by atoms with van der Waals surface area (Å²) >= 11 is 0. The molecule has 0 aliphatic rings. The Kier molecular flexibility index (Phi) is 4.45. The van der Waals surface area contributed by atoms with Gasteiger partial charge in [0.2, 0.25) is 0 Å². The number of furan rings is 1. The van der Waals surface area contributed by atoms with Crippen LogP contribution in [0.15, 0.2) is 34.9 Å². The smallest absolute Gasteiger partial charge is 0.126 e. The van der Waals surface area contributed by atoms with Crippen LogP contribution in [0.1, 0.15) is 36.8 Å². The van der Waals surface area contributed by atoms with Gasteiger partial charge in [-0.2, -0.15) is 0 Å². The number of aryl methyl sites for hydroxylation is 1. The summed E-state index contributed by atoms with van der Waals surface area (Å²) in [7, 11) is 0. The monoisotopic (exact) mass is 277 g/mol. The van der Waals surface area contributed by atoms with Crippen molar-refractivity contribution >= 4 is 5.69 Å². The second kappa shape index (κ2) is 6.09. The van der Waals surface area contributed by atoms with E-state index in [0.717, 1.165) is 18.0 Å². The van der Waals surface area contributed by atoms with Crippen molar-refractivity contribution in [2.75, 3.05) is 11.4 Å². The zero-order valence-corrected chi connectivity index (χ0v) is 12.1. The molecule has 0 aliphatic carbocycles. The third kappa shape index (κ3) is 3.02. The highest BCUT2D eigenvalue weighted by Crippen LogP contribution is 2.30. The number of halogens is 1. The number of benzene rings is 1. The van der Waals surface area contributed by atoms with Gasteiger partial charge in [0.25, 0.3) is 0 Å². The molecule has 1 heterocycles. The lowest BCUT2D eigenvalue weighted by Gasteiger charge is -2.26. The first-order valence-electron chi connectivity index (χ1n) is 6.78. The number of aliphatic hydroxyl groups is 1. The third-order valence-corrected chi connectivity index (χ3v) is 3.41. The van der Waals surface area contributed by atoms with Crippen LogP contribution in [0.5, 0.6) is 0 Å². The molecule has 0 aliphatic heterocycles. The molecule has 3 nitrogen and oxygen atoms in total. The molecule has 0 amide bonds. The molecule has 4 heteroatoms. The molecule has 0 radical (unpaired) electrons. The quantitative estimate of drug-likeness (QED) is 0.903. The molecule has 2 aromatic rings. The minimum absolute atomic E-state index is 0.293. The van der Waals surface area contributed by atoms with Gasteiger partial charge in [-0.25, -0.2) is 4.39 Å². The molecule has 0 saturated carbocycles. The summed E-state index contributed by atoms with van der Waals surface area (Å²) in [5, 5.41) is 9.87. The molecule has 1 unspecified atom stereocenters. The van der Waals surface area contributed by atoms with E-state index in [2.05, 4.69) is 4.90 Å². The van der Waals surface area contributed by atoms with E-state index in [0.29, 0.717) is 17.7 Å². The second-order valence-electron chi connectivity index (χ2n) is 4.93. The predicted octanol–water partition coefficient (Wildman–Crippen LogP) is 3.81. The highest BCUT2D eigenvalue weighted by atomic mass is 19.1. The lowest BCUT2D eigenvalue weighted by molar-refractivity contribution is 0.199. The fourth-order valence-corrected chi connectivity index (χ4v) is 2.25. The van der Waals surface area contributed by atoms with Crippen molar-refractivity contribution in [1.82, 2.24) is 0 Å². The molecule has 1 atom stereocenters. The zero-order chi connectivity index (χ0) is 14.7. The van der Waals surface area contributed by atoms with Gasteiger partial charge in [-0.15, -0.1) is 0 Å². The Morgan fingerprint density at radius 1 is 1.40 bits per heavy atom. The largest absolute Gasteiger partial charge is 0.467 e. The average Bonchev–Trinajstić information content (AvgIpc) is 2.91. The first-order valence-corrected chi connectivity index (χ1v) is 6.78. The van der Waals surface area contributed by atoms with Crippen LogP contribution in [0.3, 0.4) is 0 Å². The van der Waals surface area contributed by atoms with E-state index in [9.17, 15) is 9.50 Å². The van der Waals surface area contributed by atoms with Gasteiger partial charge in [0.15, 0.2) is 0 Å². The summed E-state index contributed by atoms with van der Waals surface area (Å²) in [6.07, 6.45) is 0.917. The second-order valence-corrected chi connectivity index (χ2v) is 4.93. The molecular weight excluding hydrogens is 257 g/mol. The van der Waals surface area contributed by atoms with Crippen molar-refractivity contribution in [2.45, 2.75) is 33.4 Å². The Bertz CT molecular complexity index is 564. The van der Waals surface area contributed by atoms with E-state index in [-0.39, 0.29) is 5.82 Å². The van der Waals surface area contributed by atoms with Gasteiger partial charge in [0, 0.05) is 17.8 Å². The van der Waals surface area contributed by atoms with Crippen molar-refractivity contribution in [3.63, 3.8) is 0 Å². The van der Waals surface area contributed by atoms with Gasteiger partial charge in [0.1, 0.15) is 11.6 Å². The first kappa shape index (κ1) is 14.6. The van der Waals surface area contributed by atoms with Crippen LogP contribution in [0.4, 0.5) is 10.1 Å². The van der Waals surface area contributed by atoms with Gasteiger partial charge in [-0.1, -0.05) is 0 Å². The molecule has 0 saturated heterocycles. The van der Waals surface area contributed by atoms with Crippen LogP contribution in [-0.4, -0.2) is 11.7 Å². The Balaban J connectivity index is 2.39. The number of hydrogen-bond acceptors (Lipinski definition) is 3. The number of nitrogens with zero attached hydrogens (tertiary/aromatic N) is 1. The summed E-state index contributed by atoms with van der Waals surface area (Å²) < 4.78 is 19.1. The normalized spacial score (nSPS) is 12.4. The summed E-state index contributed by atoms with van der Waals surface area (Å²) in [5.41, 5.74) is 2.02. The van der Waals surface area contributed by atoms with Crippen LogP contribution < -0.4 is 4.90 Å². The summed E-state index contributed by atoms with van der Waals surface area (Å²) in [4.78, 5) is 2.06. The van der Waals surface area contributed by atoms with E-state index in [1.807, 2.05) is 19.1 Å². The Hall–Kier alpha value is -1.81. The summed E-state index contributed by atoms with van der Waals surface area (Å²) in [5.74, 6) is 0.545. The van der Waals surface area contributed by atoms with Crippen molar-refractivity contribution in [3.8, 4) is 0 Å². The number of aliphatic hydroxyl groups excluding tert-OH is 1. The van der Waals surface area contributed by atoms with Crippen molar-refractivity contribution in [2.24, 2.45) is 0 Å². The molecule has 20 heavy (non-hydrogen) atoms. The predicted molar refractivity (Wildman–Crippen MR) is 77.2 cm³/mol. The number of rotatable bonds is 5. The maximum Gasteiger partial charge on any atom is 0.126 e. The lowest BCUT2D eigenvalue weighted by atomic mass is 10.0. The van der Waals surface area contributed by atoms with Crippen molar-refractivity contribution in [3.05, 3.63) is 53.2 Å². The van der Waals surface area contributed by atoms with Crippen LogP contribution >= 0.6 is 0 Å². The molecule has 0 fully saturated rings. The van der Waals surface area contributed by atoms with Crippen molar-refractivity contribution < 1.29 is 13.9 Å². The van der Waals surface area contributed by atoms with E-state index in [1.54, 1.807) is 26.2 Å². The molecule has 1 N–H and O–H groups in total. The van der Waals surface area contributed by atoms with E-state index in [4.69, 9.17) is 4.42 Å². The molecule has 2 rings (SSSR count). The first-order chi connectivity index (χ1) is 9.52. The average molecular weight is 277 g/mol. The minimum atomic E-state index is -0.717. The van der Waals surface area contributed by atoms with Gasteiger partial charge in [0.05, 0.1) is 18.9 Å². The SMILES string of the molecule is CCN(Cc1ccco1)c1cc(C)c(F)cc1C(C)O. The van der Waals surface area contributed by atoms with Gasteiger partial charge >= 0.3 is 0 Å². The standard InChI is InChI=1S/C16H20FNO2/c1-4-18(10-13-6-5-7-20-13)16-8-11(2)15(17)9-14(16)12(3)19/h5-9,12,19H,4,10H2,1-3H3. The van der Waals surface area contributed by atoms with Gasteiger partial charge in [-0.05, 0) is 50.6 Å². The van der Waals surface area contributed by atoms with E-state index >= 15 is 0 Å². The summed E-state index contributed by atoms with van der Waals surface area (Å²) in [6, 6.07) is 6.94. The maximum absolute atomic E-state index is 13.7. The fraction of sp³-hybridized carbons (Fsp3) is 0.375. The molecular formula is C16H20FNO2. The fourth-order valence-electron chi connectivity index (χ4n) is 2.25. The van der Waals surface area contributed by atoms with E-state index < -0.39 is 6.10 Å². The summed E-state index contributed by atoms with van der Waals surface area (Å²) in [6.45, 7) is 6.73. The Morgan fingerprint density at radius 2 is 2.15 bits per heavy atom. The Morgan fingerprint density at radius 3 is 2.70 bits per heavy atom. The maximum atomic E-state index is 13.7. The topological polar surface area (TPSA) is 36.6 Å². The molecule has 0 spiro atoms. The minimum Gasteiger partial charge on any atom is -0.467 e. The molecule has 0 bridgehead atoms. The highest BCUT2D eigenvalue weighted by molar-refractivity contribution is 5.56. The lowest BCUT2D eigenvalue weighted by Crippen LogP contribution is -2.23. The molecule has 1 aromatic carbocycles. The Labute approximate surface area is 118 Å². The van der Waals surface area contributed by atoms with Crippen molar-refractivity contribution in [1.29, 1.82) is 0 Å². The van der Waals surface area contributed by atoms with Crippen LogP contribution in [0, 0.1) is 12.7 Å². The highest BCUT2D eigenvalue weighted by Gasteiger charge is 2.17. The third-order valence-electron chi connectivity index (χ3n) is 3.41. The van der Waals surface area contributed by atoms with Crippen LogP contribution in [0.2, 0.25) is 0 Å². The van der Waals surface area contributed by atoms with Crippen LogP contribution in [-0.2, 0) is 6.54 Å². The zero-order valence-electron chi connectivity index (χ0n) is 12.1. The molecule has 1 aromatic heterocycles.